The van der Waals surface area contributed by atoms with Gasteiger partial charge in [0.1, 0.15) is 11.6 Å². The molecule has 2 aliphatic heterocycles. The van der Waals surface area contributed by atoms with E-state index in [9.17, 15) is 13.9 Å². The molecule has 182 valence electrons. The lowest BCUT2D eigenvalue weighted by Gasteiger charge is -2.47. The molecule has 0 spiro atoms. The van der Waals surface area contributed by atoms with E-state index in [4.69, 9.17) is 15.1 Å². The largest absolute Gasteiger partial charge is 0.393 e. The molecule has 1 aromatic heterocycles. The van der Waals surface area contributed by atoms with Gasteiger partial charge in [0, 0.05) is 55.7 Å². The van der Waals surface area contributed by atoms with E-state index in [2.05, 4.69) is 25.4 Å². The Morgan fingerprint density at radius 3 is 2.62 bits per heavy atom. The first-order valence-corrected chi connectivity index (χ1v) is 11.6. The first kappa shape index (κ1) is 22.9. The zero-order valence-electron chi connectivity index (χ0n) is 18.8. The first-order valence-electron chi connectivity index (χ1n) is 11.6. The zero-order chi connectivity index (χ0) is 23.7. The smallest absolute Gasteiger partial charge is 0.263 e. The Morgan fingerprint density at radius 1 is 1.18 bits per heavy atom. The van der Waals surface area contributed by atoms with E-state index in [1.807, 2.05) is 0 Å². The van der Waals surface area contributed by atoms with Crippen molar-refractivity contribution in [2.75, 3.05) is 54.9 Å². The molecule has 34 heavy (non-hydrogen) atoms. The first-order chi connectivity index (χ1) is 16.5. The minimum Gasteiger partial charge on any atom is -0.393 e. The molecular weight excluding hydrogens is 444 g/mol. The molecule has 1 aromatic carbocycles. The van der Waals surface area contributed by atoms with Crippen molar-refractivity contribution in [3.05, 3.63) is 35.4 Å². The fourth-order valence-corrected chi connectivity index (χ4v) is 4.57. The summed E-state index contributed by atoms with van der Waals surface area (Å²) >= 11 is 0. The van der Waals surface area contributed by atoms with Gasteiger partial charge in [0.2, 0.25) is 5.95 Å². The Bertz CT molecular complexity index is 1020. The van der Waals surface area contributed by atoms with E-state index in [-0.39, 0.29) is 17.7 Å². The van der Waals surface area contributed by atoms with Gasteiger partial charge in [0.15, 0.2) is 0 Å². The number of rotatable bonds is 8. The number of aromatic nitrogens is 2. The molecule has 3 aliphatic rings. The van der Waals surface area contributed by atoms with Crippen LogP contribution in [0.3, 0.4) is 0 Å². The SMILES string of the molecule is N=Cc1c(Nc2cccc(C(F)F)c2)nc(NC2CC(O)C2)nc1N1CC(N2CCOCC2)C1. The summed E-state index contributed by atoms with van der Waals surface area (Å²) in [5, 5.41) is 24.1. The van der Waals surface area contributed by atoms with Crippen molar-refractivity contribution in [1.29, 1.82) is 5.41 Å². The third-order valence-corrected chi connectivity index (χ3v) is 6.64. The topological polar surface area (TPSA) is 110 Å². The third-order valence-electron chi connectivity index (χ3n) is 6.64. The highest BCUT2D eigenvalue weighted by Gasteiger charge is 2.36. The van der Waals surface area contributed by atoms with Crippen LogP contribution in [0, 0.1) is 5.41 Å². The summed E-state index contributed by atoms with van der Waals surface area (Å²) in [5.74, 6) is 1.40. The molecule has 0 unspecified atom stereocenters. The molecule has 11 heteroatoms. The summed E-state index contributed by atoms with van der Waals surface area (Å²) in [4.78, 5) is 13.8. The molecule has 0 amide bonds. The van der Waals surface area contributed by atoms with Crippen molar-refractivity contribution in [3.63, 3.8) is 0 Å². The van der Waals surface area contributed by atoms with Gasteiger partial charge in [-0.3, -0.25) is 4.90 Å². The average Bonchev–Trinajstić information content (AvgIpc) is 2.78. The molecule has 1 saturated carbocycles. The van der Waals surface area contributed by atoms with E-state index in [1.54, 1.807) is 12.1 Å². The predicted octanol–water partition coefficient (Wildman–Crippen LogP) is 2.61. The van der Waals surface area contributed by atoms with E-state index in [0.29, 0.717) is 47.7 Å². The van der Waals surface area contributed by atoms with Gasteiger partial charge in [-0.2, -0.15) is 9.97 Å². The second kappa shape index (κ2) is 9.77. The van der Waals surface area contributed by atoms with Crippen LogP contribution in [-0.2, 0) is 4.74 Å². The van der Waals surface area contributed by atoms with Crippen molar-refractivity contribution < 1.29 is 18.6 Å². The molecule has 9 nitrogen and oxygen atoms in total. The Balaban J connectivity index is 1.41. The number of benzene rings is 1. The molecule has 5 rings (SSSR count). The number of anilines is 4. The van der Waals surface area contributed by atoms with Crippen molar-refractivity contribution in [2.24, 2.45) is 0 Å². The molecule has 2 saturated heterocycles. The van der Waals surface area contributed by atoms with E-state index >= 15 is 0 Å². The fraction of sp³-hybridized carbons (Fsp3) is 0.522. The number of alkyl halides is 2. The Hall–Kier alpha value is -2.89. The minimum absolute atomic E-state index is 0.0705. The number of halogens is 2. The maximum atomic E-state index is 13.2. The van der Waals surface area contributed by atoms with E-state index in [1.165, 1.54) is 18.3 Å². The maximum Gasteiger partial charge on any atom is 0.263 e. The number of morpholine rings is 1. The highest BCUT2D eigenvalue weighted by atomic mass is 19.3. The summed E-state index contributed by atoms with van der Waals surface area (Å²) in [6.45, 7) is 4.85. The Labute approximate surface area is 196 Å². The van der Waals surface area contributed by atoms with Crippen molar-refractivity contribution >= 4 is 29.5 Å². The quantitative estimate of drug-likeness (QED) is 0.433. The standard InChI is InChI=1S/C23H29F2N7O2/c24-20(25)14-2-1-3-15(8-14)27-21-19(11-26)22(30-23(29-21)28-16-9-18(33)10-16)32-12-17(13-32)31-4-6-34-7-5-31/h1-3,8,11,16-18,20,26,33H,4-7,9-10,12-13H2,(H2,27,28,29,30). The molecule has 4 N–H and O–H groups in total. The number of nitrogens with zero attached hydrogens (tertiary/aromatic N) is 4. The van der Waals surface area contributed by atoms with Crippen molar-refractivity contribution in [1.82, 2.24) is 14.9 Å². The predicted molar refractivity (Wildman–Crippen MR) is 126 cm³/mol. The minimum atomic E-state index is -2.58. The van der Waals surface area contributed by atoms with Crippen LogP contribution in [-0.4, -0.2) is 83.8 Å². The average molecular weight is 474 g/mol. The normalized spacial score (nSPS) is 23.4. The van der Waals surface area contributed by atoms with Gasteiger partial charge in [-0.15, -0.1) is 0 Å². The lowest BCUT2D eigenvalue weighted by atomic mass is 9.90. The van der Waals surface area contributed by atoms with Crippen LogP contribution in [0.5, 0.6) is 0 Å². The molecule has 3 fully saturated rings. The van der Waals surface area contributed by atoms with Crippen LogP contribution in [0.2, 0.25) is 0 Å². The Kier molecular flexibility index (Phi) is 6.57. The number of nitrogens with one attached hydrogen (secondary N) is 3. The molecule has 3 heterocycles. The van der Waals surface area contributed by atoms with Gasteiger partial charge in [-0.25, -0.2) is 8.78 Å². The van der Waals surface area contributed by atoms with Crippen LogP contribution in [0.15, 0.2) is 24.3 Å². The van der Waals surface area contributed by atoms with Crippen LogP contribution in [0.4, 0.5) is 32.1 Å². The highest BCUT2D eigenvalue weighted by Crippen LogP contribution is 2.33. The molecule has 2 aromatic rings. The number of hydrogen-bond donors (Lipinski definition) is 4. The van der Waals surface area contributed by atoms with Gasteiger partial charge in [0.25, 0.3) is 6.43 Å². The summed E-state index contributed by atoms with van der Waals surface area (Å²) in [6.07, 6.45) is -0.462. The maximum absolute atomic E-state index is 13.2. The number of aliphatic hydroxyl groups is 1. The van der Waals surface area contributed by atoms with Crippen LogP contribution >= 0.6 is 0 Å². The fourth-order valence-electron chi connectivity index (χ4n) is 4.57. The highest BCUT2D eigenvalue weighted by molar-refractivity contribution is 5.93. The number of ether oxygens (including phenoxy) is 1. The number of hydrogen-bond acceptors (Lipinski definition) is 9. The molecule has 0 radical (unpaired) electrons. The van der Waals surface area contributed by atoms with Gasteiger partial charge >= 0.3 is 0 Å². The van der Waals surface area contributed by atoms with Gasteiger partial charge < -0.3 is 30.8 Å². The van der Waals surface area contributed by atoms with Gasteiger partial charge in [0.05, 0.1) is 24.9 Å². The summed E-state index contributed by atoms with van der Waals surface area (Å²) < 4.78 is 31.8. The van der Waals surface area contributed by atoms with Gasteiger partial charge in [-0.1, -0.05) is 12.1 Å². The van der Waals surface area contributed by atoms with E-state index < -0.39 is 6.43 Å². The molecule has 1 aliphatic carbocycles. The summed E-state index contributed by atoms with van der Waals surface area (Å²) in [7, 11) is 0. The van der Waals surface area contributed by atoms with Crippen LogP contribution in [0.1, 0.15) is 30.4 Å². The van der Waals surface area contributed by atoms with E-state index in [0.717, 1.165) is 39.4 Å². The molecular formula is C23H29F2N7O2. The monoisotopic (exact) mass is 473 g/mol. The zero-order valence-corrected chi connectivity index (χ0v) is 18.8. The van der Waals surface area contributed by atoms with Crippen LogP contribution in [0.25, 0.3) is 0 Å². The lowest BCUT2D eigenvalue weighted by molar-refractivity contribution is 0.0104. The van der Waals surface area contributed by atoms with Crippen molar-refractivity contribution in [3.8, 4) is 0 Å². The molecule has 0 atom stereocenters. The third kappa shape index (κ3) is 4.82. The molecule has 0 bridgehead atoms. The summed E-state index contributed by atoms with van der Waals surface area (Å²) in [5.41, 5.74) is 0.876. The number of aliphatic hydroxyl groups excluding tert-OH is 1. The second-order valence-electron chi connectivity index (χ2n) is 9.00. The summed E-state index contributed by atoms with van der Waals surface area (Å²) in [6, 6.07) is 6.48. The second-order valence-corrected chi connectivity index (χ2v) is 9.00. The lowest BCUT2D eigenvalue weighted by Crippen LogP contribution is -2.62. The Morgan fingerprint density at radius 2 is 1.94 bits per heavy atom. The van der Waals surface area contributed by atoms with Gasteiger partial charge in [-0.05, 0) is 25.0 Å². The van der Waals surface area contributed by atoms with Crippen LogP contribution < -0.4 is 15.5 Å². The van der Waals surface area contributed by atoms with Crippen molar-refractivity contribution in [2.45, 2.75) is 37.5 Å².